The number of amides is 2. The van der Waals surface area contributed by atoms with Gasteiger partial charge in [-0.15, -0.1) is 0 Å². The van der Waals surface area contributed by atoms with E-state index in [1.807, 2.05) is 12.3 Å². The van der Waals surface area contributed by atoms with Crippen molar-refractivity contribution < 1.29 is 14.7 Å². The van der Waals surface area contributed by atoms with Gasteiger partial charge in [-0.1, -0.05) is 20.8 Å². The van der Waals surface area contributed by atoms with E-state index in [2.05, 4.69) is 52.4 Å². The van der Waals surface area contributed by atoms with Crippen LogP contribution in [-0.4, -0.2) is 39.3 Å². The lowest BCUT2D eigenvalue weighted by Gasteiger charge is -2.42. The first-order valence-corrected chi connectivity index (χ1v) is 9.54. The molecule has 2 aromatic heterocycles. The second kappa shape index (κ2) is 6.70. The van der Waals surface area contributed by atoms with E-state index in [0.29, 0.717) is 17.8 Å². The molecule has 2 aromatic rings. The number of aromatic nitrogens is 2. The van der Waals surface area contributed by atoms with Crippen LogP contribution < -0.4 is 16.4 Å². The van der Waals surface area contributed by atoms with Crippen molar-refractivity contribution in [1.29, 1.82) is 0 Å². The van der Waals surface area contributed by atoms with Crippen LogP contribution in [0.4, 0.5) is 10.5 Å². The summed E-state index contributed by atoms with van der Waals surface area (Å²) in [6.45, 7) is 6.71. The molecule has 0 aliphatic heterocycles. The van der Waals surface area contributed by atoms with E-state index < -0.39 is 12.0 Å². The molecule has 0 spiro atoms. The molecule has 146 valence electrons. The van der Waals surface area contributed by atoms with Crippen LogP contribution in [-0.2, 0) is 0 Å². The lowest BCUT2D eigenvalue weighted by Crippen LogP contribution is -2.47. The molecular weight excluding hydrogens is 414 g/mol. The summed E-state index contributed by atoms with van der Waals surface area (Å²) in [5.41, 5.74) is 6.87. The quantitative estimate of drug-likeness (QED) is 0.572. The minimum absolute atomic E-state index is 0.0380. The topological polar surface area (TPSA) is 122 Å². The standard InChI is InChI=1S/C18H24BrN5O3/c1-17(2)13(4-5-18(17,3)9-21-16(26)27)23-14-11(15(20)25)7-22-24-8-10(19)6-12(14)24/h6-8,13,21,23H,4-5,9H2,1-3H3,(H2,20,25)(H,26,27)/t13-,18-/m1/s1. The van der Waals surface area contributed by atoms with Crippen LogP contribution in [0.1, 0.15) is 44.0 Å². The summed E-state index contributed by atoms with van der Waals surface area (Å²) in [5.74, 6) is -0.545. The van der Waals surface area contributed by atoms with Crippen molar-refractivity contribution in [2.75, 3.05) is 11.9 Å². The Bertz CT molecular complexity index is 910. The molecule has 8 nitrogen and oxygen atoms in total. The van der Waals surface area contributed by atoms with Gasteiger partial charge >= 0.3 is 6.09 Å². The average Bonchev–Trinajstić information content (AvgIpc) is 3.05. The molecule has 3 rings (SSSR count). The Morgan fingerprint density at radius 3 is 2.78 bits per heavy atom. The molecule has 27 heavy (non-hydrogen) atoms. The molecule has 0 radical (unpaired) electrons. The Hall–Kier alpha value is -2.29. The van der Waals surface area contributed by atoms with Crippen LogP contribution in [0, 0.1) is 10.8 Å². The summed E-state index contributed by atoms with van der Waals surface area (Å²) < 4.78 is 2.53. The van der Waals surface area contributed by atoms with Gasteiger partial charge in [0.1, 0.15) is 0 Å². The van der Waals surface area contributed by atoms with Crippen molar-refractivity contribution in [1.82, 2.24) is 14.9 Å². The number of nitrogens with zero attached hydrogens (tertiary/aromatic N) is 2. The van der Waals surface area contributed by atoms with Crippen LogP contribution in [0.15, 0.2) is 22.9 Å². The van der Waals surface area contributed by atoms with Crippen molar-refractivity contribution in [3.05, 3.63) is 28.5 Å². The third kappa shape index (κ3) is 3.36. The Morgan fingerprint density at radius 2 is 2.15 bits per heavy atom. The first-order valence-electron chi connectivity index (χ1n) is 8.75. The number of nitrogens with one attached hydrogen (secondary N) is 2. The van der Waals surface area contributed by atoms with E-state index in [1.165, 1.54) is 6.20 Å². The molecule has 1 saturated carbocycles. The van der Waals surface area contributed by atoms with Crippen molar-refractivity contribution >= 4 is 39.1 Å². The number of anilines is 1. The Labute approximate surface area is 165 Å². The highest BCUT2D eigenvalue weighted by atomic mass is 79.9. The molecule has 2 amide bonds. The number of fused-ring (bicyclic) bond motifs is 1. The van der Waals surface area contributed by atoms with Crippen LogP contribution in [0.3, 0.4) is 0 Å². The summed E-state index contributed by atoms with van der Waals surface area (Å²) in [7, 11) is 0. The lowest BCUT2D eigenvalue weighted by atomic mass is 9.67. The second-order valence-corrected chi connectivity index (χ2v) is 8.88. The predicted molar refractivity (Wildman–Crippen MR) is 106 cm³/mol. The van der Waals surface area contributed by atoms with E-state index in [-0.39, 0.29) is 16.9 Å². The molecule has 2 atom stereocenters. The molecule has 0 unspecified atom stereocenters. The number of carbonyl (C=O) groups is 2. The zero-order valence-electron chi connectivity index (χ0n) is 15.5. The molecule has 0 aromatic carbocycles. The van der Waals surface area contributed by atoms with Gasteiger partial charge in [-0.3, -0.25) is 4.79 Å². The average molecular weight is 438 g/mol. The van der Waals surface area contributed by atoms with Crippen molar-refractivity contribution in [2.45, 2.75) is 39.7 Å². The van der Waals surface area contributed by atoms with Crippen LogP contribution in [0.25, 0.3) is 5.52 Å². The van der Waals surface area contributed by atoms with Gasteiger partial charge in [0.05, 0.1) is 23.0 Å². The van der Waals surface area contributed by atoms with Crippen LogP contribution in [0.2, 0.25) is 0 Å². The maximum absolute atomic E-state index is 12.0. The summed E-state index contributed by atoms with van der Waals surface area (Å²) in [5, 5.41) is 19.3. The molecule has 0 saturated heterocycles. The number of carboxylic acid groups (broad SMARTS) is 1. The van der Waals surface area contributed by atoms with Crippen molar-refractivity contribution in [2.24, 2.45) is 16.6 Å². The van der Waals surface area contributed by atoms with Gasteiger partial charge in [0.15, 0.2) is 0 Å². The summed E-state index contributed by atoms with van der Waals surface area (Å²) in [6, 6.07) is 1.92. The fourth-order valence-corrected chi connectivity index (χ4v) is 4.35. The van der Waals surface area contributed by atoms with Crippen molar-refractivity contribution in [3.63, 3.8) is 0 Å². The van der Waals surface area contributed by atoms with E-state index in [9.17, 15) is 9.59 Å². The van der Waals surface area contributed by atoms with E-state index in [0.717, 1.165) is 22.8 Å². The van der Waals surface area contributed by atoms with Crippen molar-refractivity contribution in [3.8, 4) is 0 Å². The second-order valence-electron chi connectivity index (χ2n) is 7.96. The van der Waals surface area contributed by atoms with Gasteiger partial charge in [-0.25, -0.2) is 9.31 Å². The summed E-state index contributed by atoms with van der Waals surface area (Å²) in [4.78, 5) is 22.9. The van der Waals surface area contributed by atoms with E-state index in [4.69, 9.17) is 10.8 Å². The largest absolute Gasteiger partial charge is 0.465 e. The van der Waals surface area contributed by atoms with Gasteiger partial charge < -0.3 is 21.5 Å². The van der Waals surface area contributed by atoms with Gasteiger partial charge in [0.25, 0.3) is 5.91 Å². The fraction of sp³-hybridized carbons (Fsp3) is 0.500. The van der Waals surface area contributed by atoms with Crippen LogP contribution in [0.5, 0.6) is 0 Å². The lowest BCUT2D eigenvalue weighted by molar-refractivity contribution is 0.0999. The number of halogens is 1. The molecule has 2 heterocycles. The zero-order valence-corrected chi connectivity index (χ0v) is 17.1. The third-order valence-corrected chi connectivity index (χ3v) is 6.66. The Morgan fingerprint density at radius 1 is 1.44 bits per heavy atom. The maximum Gasteiger partial charge on any atom is 0.404 e. The number of nitrogens with two attached hydrogens (primary N) is 1. The number of hydrogen-bond acceptors (Lipinski definition) is 4. The van der Waals surface area contributed by atoms with Gasteiger partial charge in [-0.2, -0.15) is 5.10 Å². The molecule has 1 fully saturated rings. The highest BCUT2D eigenvalue weighted by molar-refractivity contribution is 9.10. The Balaban J connectivity index is 1.97. The molecule has 1 aliphatic rings. The molecule has 0 bridgehead atoms. The fourth-order valence-electron chi connectivity index (χ4n) is 3.94. The maximum atomic E-state index is 12.0. The smallest absolute Gasteiger partial charge is 0.404 e. The van der Waals surface area contributed by atoms with Gasteiger partial charge in [0.2, 0.25) is 0 Å². The summed E-state index contributed by atoms with van der Waals surface area (Å²) >= 11 is 3.44. The first kappa shape index (κ1) is 19.5. The number of hydrogen-bond donors (Lipinski definition) is 4. The molecule has 1 aliphatic carbocycles. The third-order valence-electron chi connectivity index (χ3n) is 6.23. The monoisotopic (exact) mass is 437 g/mol. The number of primary amides is 1. The first-order chi connectivity index (χ1) is 12.5. The SMILES string of the molecule is CC1(C)[C@H](Nc2c(C(N)=O)cnn3cc(Br)cc23)CC[C@]1(C)CNC(=O)O. The minimum Gasteiger partial charge on any atom is -0.465 e. The Kier molecular flexibility index (Phi) is 4.83. The zero-order chi connectivity index (χ0) is 20.0. The van der Waals surface area contributed by atoms with Gasteiger partial charge in [0, 0.05) is 23.3 Å². The van der Waals surface area contributed by atoms with Crippen LogP contribution >= 0.6 is 15.9 Å². The highest BCUT2D eigenvalue weighted by Crippen LogP contribution is 2.53. The molecule has 9 heteroatoms. The van der Waals surface area contributed by atoms with Gasteiger partial charge in [-0.05, 0) is 45.7 Å². The van der Waals surface area contributed by atoms with E-state index in [1.54, 1.807) is 4.52 Å². The number of rotatable bonds is 5. The summed E-state index contributed by atoms with van der Waals surface area (Å²) in [6.07, 6.45) is 3.96. The predicted octanol–water partition coefficient (Wildman–Crippen LogP) is 3.07. The number of carbonyl (C=O) groups excluding carboxylic acids is 1. The molecular formula is C18H24BrN5O3. The highest BCUT2D eigenvalue weighted by Gasteiger charge is 2.51. The minimum atomic E-state index is -1.02. The molecule has 5 N–H and O–H groups in total. The van der Waals surface area contributed by atoms with E-state index >= 15 is 0 Å². The normalized spacial score (nSPS) is 24.1.